The Hall–Kier alpha value is -1.68. The fourth-order valence-electron chi connectivity index (χ4n) is 3.30. The van der Waals surface area contributed by atoms with Crippen molar-refractivity contribution in [1.29, 1.82) is 0 Å². The van der Waals surface area contributed by atoms with Crippen LogP contribution in [-0.2, 0) is 6.54 Å². The summed E-state index contributed by atoms with van der Waals surface area (Å²) in [5.41, 5.74) is 3.80. The van der Waals surface area contributed by atoms with Gasteiger partial charge in [0.1, 0.15) is 0 Å². The molecule has 0 aliphatic carbocycles. The first-order valence-electron chi connectivity index (χ1n) is 8.81. The first-order valence-corrected chi connectivity index (χ1v) is 8.81. The second kappa shape index (κ2) is 7.47. The van der Waals surface area contributed by atoms with Gasteiger partial charge in [0.2, 0.25) is 0 Å². The van der Waals surface area contributed by atoms with E-state index in [1.54, 1.807) is 0 Å². The maximum atomic E-state index is 9.51. The zero-order chi connectivity index (χ0) is 17.0. The number of benzene rings is 2. The van der Waals surface area contributed by atoms with E-state index in [4.69, 9.17) is 0 Å². The van der Waals surface area contributed by atoms with Crippen molar-refractivity contribution in [2.45, 2.75) is 25.9 Å². The Balaban J connectivity index is 1.56. The van der Waals surface area contributed by atoms with E-state index in [1.807, 2.05) is 0 Å². The molecule has 2 aromatic carbocycles. The topological polar surface area (TPSA) is 26.7 Å². The van der Waals surface area contributed by atoms with Gasteiger partial charge in [-0.25, -0.2) is 0 Å². The monoisotopic (exact) mass is 324 g/mol. The lowest BCUT2D eigenvalue weighted by Crippen LogP contribution is -2.55. The molecular weight excluding hydrogens is 296 g/mol. The largest absolute Gasteiger partial charge is 0.394 e. The standard InChI is InChI=1S/C21H28N2O/c1-21(2,17-24)23-14-12-22(13-15-23)16-18-8-10-20(11-9-18)19-6-4-3-5-7-19/h3-11,24H,12-17H2,1-2H3. The number of aliphatic hydroxyl groups is 1. The van der Waals surface area contributed by atoms with Gasteiger partial charge >= 0.3 is 0 Å². The summed E-state index contributed by atoms with van der Waals surface area (Å²) in [6, 6.07) is 19.4. The number of hydrogen-bond donors (Lipinski definition) is 1. The summed E-state index contributed by atoms with van der Waals surface area (Å²) < 4.78 is 0. The molecule has 1 aliphatic heterocycles. The number of rotatable bonds is 5. The summed E-state index contributed by atoms with van der Waals surface area (Å²) in [4.78, 5) is 4.89. The molecule has 0 unspecified atom stereocenters. The average Bonchev–Trinajstić information content (AvgIpc) is 2.63. The third kappa shape index (κ3) is 4.04. The molecule has 3 rings (SSSR count). The van der Waals surface area contributed by atoms with Crippen LogP contribution in [0.5, 0.6) is 0 Å². The van der Waals surface area contributed by atoms with Gasteiger partial charge in [0.15, 0.2) is 0 Å². The van der Waals surface area contributed by atoms with Crippen molar-refractivity contribution in [3.05, 3.63) is 60.2 Å². The molecule has 0 aromatic heterocycles. The number of nitrogens with zero attached hydrogens (tertiary/aromatic N) is 2. The summed E-state index contributed by atoms with van der Waals surface area (Å²) in [7, 11) is 0. The molecule has 1 heterocycles. The van der Waals surface area contributed by atoms with Crippen LogP contribution in [0.25, 0.3) is 11.1 Å². The highest BCUT2D eigenvalue weighted by molar-refractivity contribution is 5.63. The maximum absolute atomic E-state index is 9.51. The van der Waals surface area contributed by atoms with E-state index < -0.39 is 0 Å². The smallest absolute Gasteiger partial charge is 0.0610 e. The molecule has 0 atom stereocenters. The first-order chi connectivity index (χ1) is 11.6. The number of aliphatic hydroxyl groups excluding tert-OH is 1. The molecule has 1 fully saturated rings. The van der Waals surface area contributed by atoms with Gasteiger partial charge in [0.05, 0.1) is 6.61 Å². The van der Waals surface area contributed by atoms with Crippen LogP contribution in [0.1, 0.15) is 19.4 Å². The Morgan fingerprint density at radius 3 is 2.00 bits per heavy atom. The van der Waals surface area contributed by atoms with Crippen LogP contribution in [0.2, 0.25) is 0 Å². The molecule has 0 spiro atoms. The summed E-state index contributed by atoms with van der Waals surface area (Å²) in [6.07, 6.45) is 0. The molecule has 0 saturated carbocycles. The van der Waals surface area contributed by atoms with Crippen LogP contribution in [0.4, 0.5) is 0 Å². The fourth-order valence-corrected chi connectivity index (χ4v) is 3.30. The van der Waals surface area contributed by atoms with Crippen molar-refractivity contribution in [3.8, 4) is 11.1 Å². The molecule has 2 aromatic rings. The van der Waals surface area contributed by atoms with Gasteiger partial charge in [0.25, 0.3) is 0 Å². The lowest BCUT2D eigenvalue weighted by Gasteiger charge is -2.43. The third-order valence-electron chi connectivity index (χ3n) is 5.08. The zero-order valence-electron chi connectivity index (χ0n) is 14.8. The lowest BCUT2D eigenvalue weighted by atomic mass is 10.0. The van der Waals surface area contributed by atoms with Crippen molar-refractivity contribution >= 4 is 0 Å². The first kappa shape index (κ1) is 17.2. The Labute approximate surface area is 145 Å². The van der Waals surface area contributed by atoms with Crippen LogP contribution in [0.3, 0.4) is 0 Å². The molecule has 1 N–H and O–H groups in total. The minimum absolute atomic E-state index is 0.108. The highest BCUT2D eigenvalue weighted by atomic mass is 16.3. The van der Waals surface area contributed by atoms with Crippen LogP contribution in [-0.4, -0.2) is 53.2 Å². The van der Waals surface area contributed by atoms with Crippen LogP contribution >= 0.6 is 0 Å². The predicted molar refractivity (Wildman–Crippen MR) is 99.9 cm³/mol. The molecule has 0 amide bonds. The van der Waals surface area contributed by atoms with Crippen molar-refractivity contribution in [3.63, 3.8) is 0 Å². The summed E-state index contributed by atoms with van der Waals surface area (Å²) >= 11 is 0. The van der Waals surface area contributed by atoms with Crippen LogP contribution in [0, 0.1) is 0 Å². The molecule has 1 aliphatic rings. The Morgan fingerprint density at radius 2 is 1.42 bits per heavy atom. The van der Waals surface area contributed by atoms with E-state index in [0.717, 1.165) is 32.7 Å². The second-order valence-corrected chi connectivity index (χ2v) is 7.30. The van der Waals surface area contributed by atoms with Crippen LogP contribution < -0.4 is 0 Å². The molecule has 0 bridgehead atoms. The maximum Gasteiger partial charge on any atom is 0.0610 e. The third-order valence-corrected chi connectivity index (χ3v) is 5.08. The fraction of sp³-hybridized carbons (Fsp3) is 0.429. The second-order valence-electron chi connectivity index (χ2n) is 7.30. The Bertz CT molecular complexity index is 629. The SMILES string of the molecule is CC(C)(CO)N1CCN(Cc2ccc(-c3ccccc3)cc2)CC1. The molecule has 3 heteroatoms. The highest BCUT2D eigenvalue weighted by Gasteiger charge is 2.29. The van der Waals surface area contributed by atoms with Gasteiger partial charge in [-0.2, -0.15) is 0 Å². The number of hydrogen-bond acceptors (Lipinski definition) is 3. The average molecular weight is 324 g/mol. The van der Waals surface area contributed by atoms with Crippen molar-refractivity contribution in [1.82, 2.24) is 9.80 Å². The van der Waals surface area contributed by atoms with Gasteiger partial charge in [-0.1, -0.05) is 54.6 Å². The highest BCUT2D eigenvalue weighted by Crippen LogP contribution is 2.21. The zero-order valence-corrected chi connectivity index (χ0v) is 14.8. The van der Waals surface area contributed by atoms with E-state index in [0.29, 0.717) is 0 Å². The summed E-state index contributed by atoms with van der Waals surface area (Å²) in [6.45, 7) is 9.62. The molecule has 0 radical (unpaired) electrons. The quantitative estimate of drug-likeness (QED) is 0.915. The Morgan fingerprint density at radius 1 is 0.833 bits per heavy atom. The van der Waals surface area contributed by atoms with E-state index in [1.165, 1.54) is 16.7 Å². The van der Waals surface area contributed by atoms with Gasteiger partial charge in [0, 0.05) is 38.3 Å². The van der Waals surface area contributed by atoms with Gasteiger partial charge in [-0.3, -0.25) is 9.80 Å². The summed E-state index contributed by atoms with van der Waals surface area (Å²) in [5.74, 6) is 0. The van der Waals surface area contributed by atoms with Crippen molar-refractivity contribution in [2.75, 3.05) is 32.8 Å². The molecule has 24 heavy (non-hydrogen) atoms. The molecular formula is C21H28N2O. The van der Waals surface area contributed by atoms with Gasteiger partial charge in [-0.15, -0.1) is 0 Å². The van der Waals surface area contributed by atoms with Gasteiger partial charge < -0.3 is 5.11 Å². The Kier molecular flexibility index (Phi) is 5.34. The summed E-state index contributed by atoms with van der Waals surface area (Å²) in [5, 5.41) is 9.51. The van der Waals surface area contributed by atoms with Crippen molar-refractivity contribution in [2.24, 2.45) is 0 Å². The van der Waals surface area contributed by atoms with E-state index in [9.17, 15) is 5.11 Å². The lowest BCUT2D eigenvalue weighted by molar-refractivity contribution is 0.0148. The van der Waals surface area contributed by atoms with Gasteiger partial charge in [-0.05, 0) is 30.5 Å². The van der Waals surface area contributed by atoms with E-state index >= 15 is 0 Å². The minimum Gasteiger partial charge on any atom is -0.394 e. The molecule has 128 valence electrons. The van der Waals surface area contributed by atoms with Crippen LogP contribution in [0.15, 0.2) is 54.6 Å². The normalized spacial score (nSPS) is 17.1. The van der Waals surface area contributed by atoms with Crippen molar-refractivity contribution < 1.29 is 5.11 Å². The minimum atomic E-state index is -0.108. The number of piperazine rings is 1. The predicted octanol–water partition coefficient (Wildman–Crippen LogP) is 3.24. The molecule has 3 nitrogen and oxygen atoms in total. The van der Waals surface area contributed by atoms with E-state index in [-0.39, 0.29) is 12.1 Å². The molecule has 1 saturated heterocycles. The van der Waals surface area contributed by atoms with E-state index in [2.05, 4.69) is 78.2 Å².